The minimum atomic E-state index is -0.369. The van der Waals surface area contributed by atoms with Crippen molar-refractivity contribution >= 4 is 11.0 Å². The first-order valence-corrected chi connectivity index (χ1v) is 12.6. The number of nitrogens with zero attached hydrogens (tertiary/aromatic N) is 1. The van der Waals surface area contributed by atoms with Crippen LogP contribution < -0.4 is 33.8 Å². The van der Waals surface area contributed by atoms with Crippen LogP contribution in [-0.4, -0.2) is 46.6 Å². The molecular formula is C30H33NO8. The third-order valence-corrected chi connectivity index (χ3v) is 6.35. The lowest BCUT2D eigenvalue weighted by Crippen LogP contribution is -2.23. The first-order chi connectivity index (χ1) is 19.0. The van der Waals surface area contributed by atoms with Crippen molar-refractivity contribution in [3.8, 4) is 45.8 Å². The number of ether oxygens (including phenoxy) is 6. The van der Waals surface area contributed by atoms with Gasteiger partial charge in [-0.1, -0.05) is 19.4 Å². The predicted octanol–water partition coefficient (Wildman–Crippen LogP) is 5.69. The Balaban J connectivity index is 1.98. The van der Waals surface area contributed by atoms with E-state index in [9.17, 15) is 4.79 Å². The molecule has 0 aliphatic carbocycles. The highest BCUT2D eigenvalue weighted by Gasteiger charge is 2.26. The number of benzene rings is 2. The van der Waals surface area contributed by atoms with Gasteiger partial charge in [0.25, 0.3) is 0 Å². The van der Waals surface area contributed by atoms with Gasteiger partial charge in [0.15, 0.2) is 17.3 Å². The second-order valence-electron chi connectivity index (χ2n) is 8.80. The van der Waals surface area contributed by atoms with E-state index in [1.807, 2.05) is 12.1 Å². The summed E-state index contributed by atoms with van der Waals surface area (Å²) in [6, 6.07) is 10.6. The minimum absolute atomic E-state index is 0.0579. The summed E-state index contributed by atoms with van der Waals surface area (Å²) < 4.78 is 40.5. The Kier molecular flexibility index (Phi) is 8.81. The van der Waals surface area contributed by atoms with Gasteiger partial charge >= 0.3 is 0 Å². The molecule has 0 amide bonds. The van der Waals surface area contributed by atoms with E-state index in [0.29, 0.717) is 47.2 Å². The lowest BCUT2D eigenvalue weighted by atomic mass is 10.0. The molecule has 1 unspecified atom stereocenters. The summed E-state index contributed by atoms with van der Waals surface area (Å²) in [4.78, 5) is 18.3. The normalized spacial score (nSPS) is 11.6. The first kappa shape index (κ1) is 27.6. The van der Waals surface area contributed by atoms with Gasteiger partial charge in [0, 0.05) is 36.5 Å². The topological polar surface area (TPSA) is 98.5 Å². The maximum Gasteiger partial charge on any atom is 0.239 e. The zero-order valence-electron chi connectivity index (χ0n) is 23.0. The number of fused-ring (bicyclic) bond motifs is 1. The molecule has 4 rings (SSSR count). The molecule has 9 nitrogen and oxygen atoms in total. The third-order valence-electron chi connectivity index (χ3n) is 6.35. The molecule has 2 heterocycles. The average Bonchev–Trinajstić information content (AvgIpc) is 2.97. The Morgan fingerprint density at radius 3 is 2.15 bits per heavy atom. The van der Waals surface area contributed by atoms with E-state index in [1.165, 1.54) is 35.5 Å². The van der Waals surface area contributed by atoms with E-state index in [4.69, 9.17) is 32.8 Å². The van der Waals surface area contributed by atoms with Crippen molar-refractivity contribution in [2.75, 3.05) is 35.5 Å². The highest BCUT2D eigenvalue weighted by molar-refractivity contribution is 5.89. The average molecular weight is 536 g/mol. The molecule has 0 N–H and O–H groups in total. The Morgan fingerprint density at radius 2 is 1.59 bits per heavy atom. The molecule has 0 saturated heterocycles. The van der Waals surface area contributed by atoms with Crippen LogP contribution in [0, 0.1) is 0 Å². The highest BCUT2D eigenvalue weighted by Crippen LogP contribution is 2.44. The fourth-order valence-corrected chi connectivity index (χ4v) is 4.50. The quantitative estimate of drug-likeness (QED) is 0.227. The lowest BCUT2D eigenvalue weighted by molar-refractivity contribution is 0.186. The molecule has 2 aromatic heterocycles. The van der Waals surface area contributed by atoms with Gasteiger partial charge in [0.05, 0.1) is 35.5 Å². The third kappa shape index (κ3) is 5.72. The number of aromatic nitrogens is 1. The first-order valence-electron chi connectivity index (χ1n) is 12.6. The van der Waals surface area contributed by atoms with Gasteiger partial charge in [-0.3, -0.25) is 9.78 Å². The number of hydrogen-bond acceptors (Lipinski definition) is 9. The summed E-state index contributed by atoms with van der Waals surface area (Å²) in [5, 5.41) is 0.251. The van der Waals surface area contributed by atoms with E-state index in [-0.39, 0.29) is 34.0 Å². The van der Waals surface area contributed by atoms with E-state index in [0.717, 1.165) is 12.0 Å². The zero-order valence-corrected chi connectivity index (χ0v) is 23.0. The van der Waals surface area contributed by atoms with Crippen molar-refractivity contribution in [1.29, 1.82) is 0 Å². The number of rotatable bonds is 12. The van der Waals surface area contributed by atoms with Crippen LogP contribution >= 0.6 is 0 Å². The molecule has 39 heavy (non-hydrogen) atoms. The Hall–Kier alpha value is -4.40. The van der Waals surface area contributed by atoms with E-state index in [2.05, 4.69) is 11.9 Å². The molecule has 0 spiro atoms. The fourth-order valence-electron chi connectivity index (χ4n) is 4.50. The summed E-state index contributed by atoms with van der Waals surface area (Å²) >= 11 is 0. The molecule has 9 heteroatoms. The largest absolute Gasteiger partial charge is 0.496 e. The van der Waals surface area contributed by atoms with Crippen LogP contribution in [0.3, 0.4) is 0 Å². The van der Waals surface area contributed by atoms with E-state index in [1.54, 1.807) is 36.7 Å². The summed E-state index contributed by atoms with van der Waals surface area (Å²) in [6.45, 7) is 2.07. The lowest BCUT2D eigenvalue weighted by Gasteiger charge is -2.21. The highest BCUT2D eigenvalue weighted by atomic mass is 16.5. The van der Waals surface area contributed by atoms with Gasteiger partial charge in [-0.2, -0.15) is 0 Å². The Labute approximate surface area is 227 Å². The summed E-state index contributed by atoms with van der Waals surface area (Å²) in [7, 11) is 7.59. The van der Waals surface area contributed by atoms with E-state index < -0.39 is 0 Å². The molecule has 4 aromatic rings. The molecule has 0 bridgehead atoms. The minimum Gasteiger partial charge on any atom is -0.496 e. The van der Waals surface area contributed by atoms with Crippen LogP contribution in [0.2, 0.25) is 0 Å². The van der Waals surface area contributed by atoms with Crippen molar-refractivity contribution in [3.05, 3.63) is 64.6 Å². The second-order valence-corrected chi connectivity index (χ2v) is 8.80. The molecule has 1 atom stereocenters. The molecule has 0 saturated carbocycles. The Morgan fingerprint density at radius 1 is 0.872 bits per heavy atom. The van der Waals surface area contributed by atoms with Gasteiger partial charge in [-0.05, 0) is 30.2 Å². The molecule has 0 aliphatic rings. The van der Waals surface area contributed by atoms with Gasteiger partial charge in [0.2, 0.25) is 16.9 Å². The second kappa shape index (κ2) is 12.4. The van der Waals surface area contributed by atoms with Crippen LogP contribution in [0.4, 0.5) is 0 Å². The standard InChI is InChI=1S/C30H33NO8/c1-7-9-20(12-18-10-8-11-31-17-18)38-30-27(32)26-22(34-3)15-21(33-2)16-23(26)39-28(30)19-13-24(35-4)29(37-6)25(14-19)36-5/h8,10-11,13-17,20H,7,9,12H2,1-6H3. The van der Waals surface area contributed by atoms with Gasteiger partial charge in [-0.25, -0.2) is 0 Å². The van der Waals surface area contributed by atoms with Crippen LogP contribution in [-0.2, 0) is 6.42 Å². The van der Waals surface area contributed by atoms with Gasteiger partial charge in [-0.15, -0.1) is 0 Å². The molecule has 0 fully saturated rings. The van der Waals surface area contributed by atoms with Crippen molar-refractivity contribution in [2.24, 2.45) is 0 Å². The molecular weight excluding hydrogens is 502 g/mol. The van der Waals surface area contributed by atoms with Gasteiger partial charge < -0.3 is 32.8 Å². The summed E-state index contributed by atoms with van der Waals surface area (Å²) in [5.41, 5.74) is 1.42. The smallest absolute Gasteiger partial charge is 0.239 e. The predicted molar refractivity (Wildman–Crippen MR) is 148 cm³/mol. The number of hydrogen-bond donors (Lipinski definition) is 0. The van der Waals surface area contributed by atoms with Gasteiger partial charge in [0.1, 0.15) is 28.6 Å². The van der Waals surface area contributed by atoms with Crippen LogP contribution in [0.25, 0.3) is 22.3 Å². The molecule has 206 valence electrons. The fraction of sp³-hybridized carbons (Fsp3) is 0.333. The van der Waals surface area contributed by atoms with Crippen LogP contribution in [0.15, 0.2) is 58.0 Å². The number of methoxy groups -OCH3 is 5. The maximum atomic E-state index is 14.1. The van der Waals surface area contributed by atoms with Crippen molar-refractivity contribution in [3.63, 3.8) is 0 Å². The molecule has 0 radical (unpaired) electrons. The van der Waals surface area contributed by atoms with Crippen LogP contribution in [0.5, 0.6) is 34.5 Å². The zero-order chi connectivity index (χ0) is 27.9. The summed E-state index contributed by atoms with van der Waals surface area (Å²) in [6.07, 6.45) is 5.33. The molecule has 2 aromatic carbocycles. The van der Waals surface area contributed by atoms with Crippen molar-refractivity contribution < 1.29 is 32.8 Å². The SMILES string of the molecule is CCCC(Cc1cccnc1)Oc1c(-c2cc(OC)c(OC)c(OC)c2)oc2cc(OC)cc(OC)c2c1=O. The van der Waals surface area contributed by atoms with Crippen molar-refractivity contribution in [2.45, 2.75) is 32.3 Å². The monoisotopic (exact) mass is 535 g/mol. The van der Waals surface area contributed by atoms with Crippen molar-refractivity contribution in [1.82, 2.24) is 4.98 Å². The maximum absolute atomic E-state index is 14.1. The summed E-state index contributed by atoms with van der Waals surface area (Å²) in [5.74, 6) is 2.30. The van der Waals surface area contributed by atoms with Crippen LogP contribution in [0.1, 0.15) is 25.3 Å². The Bertz CT molecular complexity index is 1460. The molecule has 0 aliphatic heterocycles. The van der Waals surface area contributed by atoms with E-state index >= 15 is 0 Å². The number of pyridine rings is 1.